The average molecular weight is 640 g/mol. The number of rotatable bonds is 8. The van der Waals surface area contributed by atoms with Crippen LogP contribution in [-0.2, 0) is 40.5 Å². The van der Waals surface area contributed by atoms with Crippen LogP contribution in [0.4, 0.5) is 0 Å². The van der Waals surface area contributed by atoms with Gasteiger partial charge < -0.3 is 43.9 Å². The molecule has 0 aromatic heterocycles. The molecule has 2 heterocycles. The highest BCUT2D eigenvalue weighted by atomic mass is 16.6. The van der Waals surface area contributed by atoms with E-state index in [2.05, 4.69) is 9.64 Å². The van der Waals surface area contributed by atoms with E-state index in [1.165, 1.54) is 13.8 Å². The molecule has 6 rings (SSSR count). The van der Waals surface area contributed by atoms with Gasteiger partial charge >= 0.3 is 23.9 Å². The van der Waals surface area contributed by atoms with E-state index in [-0.39, 0.29) is 24.0 Å². The third-order valence-electron chi connectivity index (χ3n) is 9.07. The minimum atomic E-state index is -1.69. The van der Waals surface area contributed by atoms with Crippen LogP contribution in [0.2, 0.25) is 0 Å². The molecule has 2 aliphatic heterocycles. The SMILES string of the molecule is CC(=O)OC(C)C(=O)O.COc1ccc2c3c1O[C@H]1C(OC(=O)CC(O)C(=O)Oc4ccccc4)=CC[C@@]4(O)[C@@H](C2)N(C)CC[C@]314. The third-order valence-corrected chi connectivity index (χ3v) is 9.07. The van der Waals surface area contributed by atoms with Gasteiger partial charge in [0.25, 0.3) is 0 Å². The van der Waals surface area contributed by atoms with E-state index in [1.54, 1.807) is 43.5 Å². The van der Waals surface area contributed by atoms with Crippen molar-refractivity contribution in [3.05, 3.63) is 65.4 Å². The predicted molar refractivity (Wildman–Crippen MR) is 159 cm³/mol. The third kappa shape index (κ3) is 5.70. The maximum Gasteiger partial charge on any atom is 0.344 e. The van der Waals surface area contributed by atoms with Crippen molar-refractivity contribution in [2.75, 3.05) is 20.7 Å². The molecule has 2 bridgehead atoms. The first-order chi connectivity index (χ1) is 21.8. The van der Waals surface area contributed by atoms with E-state index in [0.717, 1.165) is 17.7 Å². The molecule has 4 aliphatic rings. The molecule has 2 aliphatic carbocycles. The van der Waals surface area contributed by atoms with Crippen molar-refractivity contribution in [3.8, 4) is 17.2 Å². The van der Waals surface area contributed by atoms with Crippen molar-refractivity contribution < 1.29 is 58.2 Å². The van der Waals surface area contributed by atoms with Gasteiger partial charge in [0, 0.05) is 24.9 Å². The summed E-state index contributed by atoms with van der Waals surface area (Å²) >= 11 is 0. The van der Waals surface area contributed by atoms with Gasteiger partial charge in [0.05, 0.1) is 24.5 Å². The maximum absolute atomic E-state index is 12.8. The molecule has 2 aromatic carbocycles. The molecule has 0 radical (unpaired) electrons. The number of hydrogen-bond donors (Lipinski definition) is 3. The van der Waals surface area contributed by atoms with Gasteiger partial charge in [-0.2, -0.15) is 0 Å². The van der Waals surface area contributed by atoms with E-state index in [1.807, 2.05) is 19.2 Å². The van der Waals surface area contributed by atoms with E-state index in [4.69, 9.17) is 24.1 Å². The number of aliphatic hydroxyl groups is 2. The summed E-state index contributed by atoms with van der Waals surface area (Å²) in [4.78, 5) is 47.3. The Morgan fingerprint density at radius 2 is 1.83 bits per heavy atom. The average Bonchev–Trinajstić information content (AvgIpc) is 3.37. The predicted octanol–water partition coefficient (Wildman–Crippen LogP) is 1.90. The van der Waals surface area contributed by atoms with E-state index >= 15 is 0 Å². The first-order valence-electron chi connectivity index (χ1n) is 14.9. The fourth-order valence-electron chi connectivity index (χ4n) is 6.97. The molecule has 3 N–H and O–H groups in total. The number of carbonyl (C=O) groups is 4. The van der Waals surface area contributed by atoms with E-state index < -0.39 is 59.6 Å². The van der Waals surface area contributed by atoms with Crippen LogP contribution in [-0.4, -0.2) is 94.8 Å². The molecular weight excluding hydrogens is 602 g/mol. The van der Waals surface area contributed by atoms with Crippen molar-refractivity contribution in [2.45, 2.75) is 74.9 Å². The normalized spacial score (nSPS) is 26.4. The summed E-state index contributed by atoms with van der Waals surface area (Å²) in [6.07, 6.45) is -0.801. The van der Waals surface area contributed by atoms with Crippen molar-refractivity contribution in [1.82, 2.24) is 4.90 Å². The van der Waals surface area contributed by atoms with E-state index in [0.29, 0.717) is 24.3 Å². The Morgan fingerprint density at radius 3 is 2.46 bits per heavy atom. The van der Waals surface area contributed by atoms with Gasteiger partial charge in [-0.15, -0.1) is 0 Å². The molecule has 246 valence electrons. The lowest BCUT2D eigenvalue weighted by Crippen LogP contribution is -2.74. The van der Waals surface area contributed by atoms with Crippen LogP contribution in [0.25, 0.3) is 0 Å². The van der Waals surface area contributed by atoms with Crippen LogP contribution in [0.3, 0.4) is 0 Å². The Balaban J connectivity index is 0.000000407. The van der Waals surface area contributed by atoms with Crippen molar-refractivity contribution in [1.29, 1.82) is 0 Å². The number of carbonyl (C=O) groups excluding carboxylic acids is 3. The number of aliphatic hydroxyl groups excluding tert-OH is 1. The number of likely N-dealkylation sites (tertiary alicyclic amines) is 1. The number of piperidine rings is 1. The van der Waals surface area contributed by atoms with Gasteiger partial charge in [-0.05, 0) is 63.2 Å². The number of likely N-dealkylation sites (N-methyl/N-ethyl adjacent to an activating group) is 1. The van der Waals surface area contributed by atoms with Crippen LogP contribution >= 0.6 is 0 Å². The Kier molecular flexibility index (Phi) is 9.12. The monoisotopic (exact) mass is 639 g/mol. The summed E-state index contributed by atoms with van der Waals surface area (Å²) in [5.41, 5.74) is 0.0872. The second-order valence-electron chi connectivity index (χ2n) is 11.8. The van der Waals surface area contributed by atoms with Crippen LogP contribution < -0.4 is 14.2 Å². The fourth-order valence-corrected chi connectivity index (χ4v) is 6.97. The first kappa shape index (κ1) is 32.9. The number of carboxylic acids is 1. The first-order valence-corrected chi connectivity index (χ1v) is 14.9. The summed E-state index contributed by atoms with van der Waals surface area (Å²) in [7, 11) is 3.59. The Labute approximate surface area is 265 Å². The molecule has 0 saturated carbocycles. The Bertz CT molecular complexity index is 1560. The molecule has 46 heavy (non-hydrogen) atoms. The van der Waals surface area contributed by atoms with Crippen molar-refractivity contribution >= 4 is 23.9 Å². The highest BCUT2D eigenvalue weighted by Gasteiger charge is 2.72. The summed E-state index contributed by atoms with van der Waals surface area (Å²) in [6.45, 7) is 3.21. The lowest BCUT2D eigenvalue weighted by atomic mass is 9.50. The quantitative estimate of drug-likeness (QED) is 0.282. The number of ether oxygens (including phenoxy) is 5. The summed E-state index contributed by atoms with van der Waals surface area (Å²) in [6, 6.07) is 12.1. The Hall–Kier alpha value is -4.46. The van der Waals surface area contributed by atoms with E-state index in [9.17, 15) is 29.4 Å². The molecular formula is C33H37NO12. The number of nitrogens with zero attached hydrogens (tertiary/aromatic N) is 1. The number of aliphatic carboxylic acids is 1. The maximum atomic E-state index is 12.8. The number of esters is 3. The second-order valence-corrected chi connectivity index (χ2v) is 11.8. The number of para-hydroxylation sites is 1. The molecule has 13 nitrogen and oxygen atoms in total. The van der Waals surface area contributed by atoms with Gasteiger partial charge in [0.1, 0.15) is 11.5 Å². The number of hydrogen-bond acceptors (Lipinski definition) is 12. The second kappa shape index (κ2) is 12.7. The molecule has 1 spiro atoms. The number of carboxylic acid groups (broad SMARTS) is 1. The smallest absolute Gasteiger partial charge is 0.344 e. The molecule has 1 saturated heterocycles. The van der Waals surface area contributed by atoms with Crippen LogP contribution in [0.15, 0.2) is 54.3 Å². The van der Waals surface area contributed by atoms with Gasteiger partial charge in [-0.3, -0.25) is 9.59 Å². The van der Waals surface area contributed by atoms with Crippen molar-refractivity contribution in [3.63, 3.8) is 0 Å². The summed E-state index contributed by atoms with van der Waals surface area (Å²) in [5.74, 6) is -1.78. The summed E-state index contributed by atoms with van der Waals surface area (Å²) in [5, 5.41) is 30.6. The van der Waals surface area contributed by atoms with Gasteiger partial charge in [-0.1, -0.05) is 24.3 Å². The zero-order valence-electron chi connectivity index (χ0n) is 25.9. The zero-order valence-corrected chi connectivity index (χ0v) is 25.9. The van der Waals surface area contributed by atoms with Gasteiger partial charge in [-0.25, -0.2) is 9.59 Å². The molecule has 6 atom stereocenters. The minimum absolute atomic E-state index is 0.123. The highest BCUT2D eigenvalue weighted by Crippen LogP contribution is 2.65. The molecule has 13 heteroatoms. The zero-order chi connectivity index (χ0) is 33.4. The van der Waals surface area contributed by atoms with Crippen LogP contribution in [0.1, 0.15) is 44.2 Å². The highest BCUT2D eigenvalue weighted by molar-refractivity contribution is 5.83. The largest absolute Gasteiger partial charge is 0.493 e. The van der Waals surface area contributed by atoms with Crippen LogP contribution in [0, 0.1) is 0 Å². The molecule has 2 aromatic rings. The number of benzene rings is 2. The topological polar surface area (TPSA) is 178 Å². The van der Waals surface area contributed by atoms with Gasteiger partial charge in [0.15, 0.2) is 29.8 Å². The molecule has 0 amide bonds. The fraction of sp³-hybridized carbons (Fsp3) is 0.455. The van der Waals surface area contributed by atoms with Crippen molar-refractivity contribution in [2.24, 2.45) is 0 Å². The van der Waals surface area contributed by atoms with Crippen LogP contribution in [0.5, 0.6) is 17.2 Å². The summed E-state index contributed by atoms with van der Waals surface area (Å²) < 4.78 is 27.1. The number of methoxy groups -OCH3 is 1. The molecule has 1 fully saturated rings. The lowest BCUT2D eigenvalue weighted by molar-refractivity contribution is -0.170. The Morgan fingerprint density at radius 1 is 1.11 bits per heavy atom. The van der Waals surface area contributed by atoms with Gasteiger partial charge in [0.2, 0.25) is 0 Å². The lowest BCUT2D eigenvalue weighted by Gasteiger charge is -2.61. The minimum Gasteiger partial charge on any atom is -0.493 e. The molecule has 2 unspecified atom stereocenters. The standard InChI is InChI=1S/C28H29NO8.C5H8O4/c1-29-13-12-27-23-16-8-9-19(34-2)24(23)37-25(27)20(10-11-28(27,33)21(29)14-16)36-22(31)15-18(30)26(32)35-17-6-4-3-5-7-17;1-3(5(7)8)9-4(2)6/h3-10,18,21,25,30,33H,11-15H2,1-2H3;3H,1-2H3,(H,7,8)/t18?,21-,25+,27+,28-;/m1./s1.